The van der Waals surface area contributed by atoms with Gasteiger partial charge in [-0.05, 0) is 30.5 Å². The molecule has 1 fully saturated rings. The summed E-state index contributed by atoms with van der Waals surface area (Å²) in [6, 6.07) is 6.21. The second-order valence-electron chi connectivity index (χ2n) is 6.14. The molecule has 1 aromatic carbocycles. The molecule has 0 aromatic heterocycles. The number of nitrogens with zero attached hydrogens (tertiary/aromatic N) is 2. The number of hydrogen-bond donors (Lipinski definition) is 1. The van der Waals surface area contributed by atoms with Crippen molar-refractivity contribution < 1.29 is 9.90 Å². The number of carboxylic acids is 1. The highest BCUT2D eigenvalue weighted by Crippen LogP contribution is 2.44. The van der Waals surface area contributed by atoms with Crippen molar-refractivity contribution in [2.24, 2.45) is 0 Å². The summed E-state index contributed by atoms with van der Waals surface area (Å²) in [6.07, 6.45) is 3.56. The highest BCUT2D eigenvalue weighted by atomic mass is 16.4. The molecule has 1 heterocycles. The van der Waals surface area contributed by atoms with Gasteiger partial charge >= 0.3 is 5.97 Å². The smallest absolute Gasteiger partial charge is 0.314 e. The van der Waals surface area contributed by atoms with Gasteiger partial charge in [0.25, 0.3) is 0 Å². The molecule has 0 amide bonds. The lowest BCUT2D eigenvalue weighted by Gasteiger charge is -2.36. The van der Waals surface area contributed by atoms with E-state index in [1.165, 1.54) is 5.69 Å². The van der Waals surface area contributed by atoms with E-state index in [0.717, 1.165) is 50.0 Å². The zero-order chi connectivity index (χ0) is 14.3. The molecule has 1 aromatic rings. The van der Waals surface area contributed by atoms with Crippen molar-refractivity contribution in [2.75, 3.05) is 37.0 Å². The first kappa shape index (κ1) is 13.3. The van der Waals surface area contributed by atoms with Crippen molar-refractivity contribution in [3.05, 3.63) is 23.8 Å². The Morgan fingerprint density at radius 1 is 1.10 bits per heavy atom. The summed E-state index contributed by atoms with van der Waals surface area (Å²) < 4.78 is 0. The Labute approximate surface area is 120 Å². The number of carbonyl (C=O) groups is 1. The van der Waals surface area contributed by atoms with E-state index < -0.39 is 11.4 Å². The van der Waals surface area contributed by atoms with Crippen LogP contribution in [0.2, 0.25) is 0 Å². The Balaban J connectivity index is 2.07. The first-order chi connectivity index (χ1) is 9.54. The fraction of sp³-hybridized carbons (Fsp3) is 0.562. The highest BCUT2D eigenvalue weighted by Gasteiger charge is 2.43. The van der Waals surface area contributed by atoms with Crippen LogP contribution in [-0.4, -0.2) is 38.3 Å². The van der Waals surface area contributed by atoms with Gasteiger partial charge in [0.05, 0.1) is 16.8 Å². The maximum Gasteiger partial charge on any atom is 0.314 e. The van der Waals surface area contributed by atoms with Crippen LogP contribution in [0, 0.1) is 0 Å². The van der Waals surface area contributed by atoms with Crippen LogP contribution in [0.4, 0.5) is 11.4 Å². The number of aliphatic carboxylic acids is 1. The molecule has 108 valence electrons. The van der Waals surface area contributed by atoms with Gasteiger partial charge in [0.2, 0.25) is 0 Å². The van der Waals surface area contributed by atoms with Gasteiger partial charge in [-0.15, -0.1) is 0 Å². The summed E-state index contributed by atoms with van der Waals surface area (Å²) in [5.41, 5.74) is 2.67. The lowest BCUT2D eigenvalue weighted by molar-refractivity contribution is -0.143. The molecule has 0 saturated heterocycles. The Kier molecular flexibility index (Phi) is 3.11. The van der Waals surface area contributed by atoms with E-state index in [9.17, 15) is 9.90 Å². The first-order valence-corrected chi connectivity index (χ1v) is 7.35. The molecule has 20 heavy (non-hydrogen) atoms. The molecule has 3 rings (SSSR count). The fourth-order valence-electron chi connectivity index (χ4n) is 3.60. The topological polar surface area (TPSA) is 43.8 Å². The average molecular weight is 274 g/mol. The molecule has 4 nitrogen and oxygen atoms in total. The van der Waals surface area contributed by atoms with Crippen molar-refractivity contribution in [1.29, 1.82) is 0 Å². The van der Waals surface area contributed by atoms with Gasteiger partial charge in [0.1, 0.15) is 0 Å². The third kappa shape index (κ3) is 1.86. The van der Waals surface area contributed by atoms with Gasteiger partial charge in [-0.1, -0.05) is 18.9 Å². The Morgan fingerprint density at radius 3 is 2.30 bits per heavy atom. The lowest BCUT2D eigenvalue weighted by atomic mass is 9.78. The van der Waals surface area contributed by atoms with Gasteiger partial charge < -0.3 is 14.9 Å². The van der Waals surface area contributed by atoms with E-state index in [0.29, 0.717) is 0 Å². The molecule has 2 aliphatic rings. The number of benzene rings is 1. The first-order valence-electron chi connectivity index (χ1n) is 7.35. The second kappa shape index (κ2) is 4.69. The van der Waals surface area contributed by atoms with Crippen molar-refractivity contribution in [1.82, 2.24) is 0 Å². The standard InChI is InChI=1S/C16H22N2O2/c1-17-9-10-18(2)14-11-12(5-6-13(14)17)16(15(19)20)7-3-4-8-16/h5-6,11H,3-4,7-10H2,1-2H3,(H,19,20). The summed E-state index contributed by atoms with van der Waals surface area (Å²) in [6.45, 7) is 1.99. The molecular weight excluding hydrogens is 252 g/mol. The van der Waals surface area contributed by atoms with E-state index in [1.807, 2.05) is 6.07 Å². The lowest BCUT2D eigenvalue weighted by Crippen LogP contribution is -2.38. The highest BCUT2D eigenvalue weighted by molar-refractivity contribution is 5.84. The van der Waals surface area contributed by atoms with Crippen molar-refractivity contribution >= 4 is 17.3 Å². The van der Waals surface area contributed by atoms with Gasteiger partial charge in [-0.3, -0.25) is 4.79 Å². The average Bonchev–Trinajstić information content (AvgIpc) is 2.93. The van der Waals surface area contributed by atoms with Crippen LogP contribution in [0.3, 0.4) is 0 Å². The summed E-state index contributed by atoms with van der Waals surface area (Å²) in [4.78, 5) is 16.3. The Hall–Kier alpha value is -1.71. The number of carboxylic acid groups (broad SMARTS) is 1. The molecular formula is C16H22N2O2. The van der Waals surface area contributed by atoms with Gasteiger partial charge in [-0.2, -0.15) is 0 Å². The second-order valence-corrected chi connectivity index (χ2v) is 6.14. The summed E-state index contributed by atoms with van der Waals surface area (Å²) in [5.74, 6) is -0.665. The molecule has 0 unspecified atom stereocenters. The third-order valence-electron chi connectivity index (χ3n) is 4.99. The molecule has 1 aliphatic carbocycles. The van der Waals surface area contributed by atoms with Crippen LogP contribution in [0.25, 0.3) is 0 Å². The summed E-state index contributed by atoms with van der Waals surface area (Å²) in [7, 11) is 4.17. The molecule has 0 radical (unpaired) electrons. The van der Waals surface area contributed by atoms with Crippen LogP contribution in [0.1, 0.15) is 31.2 Å². The largest absolute Gasteiger partial charge is 0.481 e. The van der Waals surface area contributed by atoms with Crippen LogP contribution in [0.5, 0.6) is 0 Å². The number of rotatable bonds is 2. The summed E-state index contributed by atoms with van der Waals surface area (Å²) >= 11 is 0. The van der Waals surface area contributed by atoms with Crippen LogP contribution < -0.4 is 9.80 Å². The van der Waals surface area contributed by atoms with E-state index in [-0.39, 0.29) is 0 Å². The zero-order valence-corrected chi connectivity index (χ0v) is 12.2. The number of hydrogen-bond acceptors (Lipinski definition) is 3. The number of fused-ring (bicyclic) bond motifs is 1. The molecule has 0 atom stereocenters. The molecule has 1 N–H and O–H groups in total. The Bertz CT molecular complexity index is 535. The minimum Gasteiger partial charge on any atom is -0.481 e. The van der Waals surface area contributed by atoms with Gasteiger partial charge in [0.15, 0.2) is 0 Å². The SMILES string of the molecule is CN1CCN(C)c2cc(C3(C(=O)O)CCCC3)ccc21. The minimum atomic E-state index is -0.665. The van der Waals surface area contributed by atoms with Crippen molar-refractivity contribution in [2.45, 2.75) is 31.1 Å². The number of anilines is 2. The predicted octanol–water partition coefficient (Wildman–Crippen LogP) is 2.47. The molecule has 0 spiro atoms. The molecule has 1 aliphatic heterocycles. The van der Waals surface area contributed by atoms with Gasteiger partial charge in [0, 0.05) is 27.2 Å². The zero-order valence-electron chi connectivity index (χ0n) is 12.2. The van der Waals surface area contributed by atoms with Crippen LogP contribution >= 0.6 is 0 Å². The van der Waals surface area contributed by atoms with E-state index in [4.69, 9.17) is 0 Å². The maximum atomic E-state index is 11.8. The van der Waals surface area contributed by atoms with E-state index in [1.54, 1.807) is 0 Å². The van der Waals surface area contributed by atoms with E-state index in [2.05, 4.69) is 36.0 Å². The van der Waals surface area contributed by atoms with Gasteiger partial charge in [-0.25, -0.2) is 0 Å². The van der Waals surface area contributed by atoms with Crippen LogP contribution in [-0.2, 0) is 10.2 Å². The monoisotopic (exact) mass is 274 g/mol. The summed E-state index contributed by atoms with van der Waals surface area (Å²) in [5, 5.41) is 9.72. The van der Waals surface area contributed by atoms with Crippen molar-refractivity contribution in [3.8, 4) is 0 Å². The maximum absolute atomic E-state index is 11.8. The molecule has 1 saturated carbocycles. The van der Waals surface area contributed by atoms with Crippen LogP contribution in [0.15, 0.2) is 18.2 Å². The normalized spacial score (nSPS) is 20.9. The molecule has 4 heteroatoms. The van der Waals surface area contributed by atoms with Crippen molar-refractivity contribution in [3.63, 3.8) is 0 Å². The quantitative estimate of drug-likeness (QED) is 0.899. The predicted molar refractivity (Wildman–Crippen MR) is 80.8 cm³/mol. The molecule has 0 bridgehead atoms. The Morgan fingerprint density at radius 2 is 1.70 bits per heavy atom. The number of likely N-dealkylation sites (N-methyl/N-ethyl adjacent to an activating group) is 2. The minimum absolute atomic E-state index is 0.661. The fourth-order valence-corrected chi connectivity index (χ4v) is 3.60. The third-order valence-corrected chi connectivity index (χ3v) is 4.99. The van der Waals surface area contributed by atoms with E-state index >= 15 is 0 Å².